The third kappa shape index (κ3) is 4.20. The van der Waals surface area contributed by atoms with Crippen LogP contribution >= 0.6 is 0 Å². The van der Waals surface area contributed by atoms with Crippen molar-refractivity contribution in [3.63, 3.8) is 0 Å². The lowest BCUT2D eigenvalue weighted by atomic mass is 9.90. The second-order valence-corrected chi connectivity index (χ2v) is 6.19. The standard InChI is InChI=1S/C16H28N2O/c1-6-7-8-11-18-14(16(2,3)4)10-9-13(12-17-5)15(18)19/h9-10,17H,6-8,11-12H2,1-5H3. The zero-order valence-electron chi connectivity index (χ0n) is 13.0. The maximum atomic E-state index is 12.5. The van der Waals surface area contributed by atoms with Gasteiger partial charge < -0.3 is 9.88 Å². The Labute approximate surface area is 117 Å². The van der Waals surface area contributed by atoms with Crippen LogP contribution < -0.4 is 10.9 Å². The van der Waals surface area contributed by atoms with Gasteiger partial charge in [0.05, 0.1) is 0 Å². The quantitative estimate of drug-likeness (QED) is 0.801. The zero-order valence-corrected chi connectivity index (χ0v) is 13.0. The first kappa shape index (κ1) is 16.0. The van der Waals surface area contributed by atoms with Gasteiger partial charge in [-0.15, -0.1) is 0 Å². The summed E-state index contributed by atoms with van der Waals surface area (Å²) in [6.45, 7) is 10.1. The Balaban J connectivity index is 3.18. The summed E-state index contributed by atoms with van der Waals surface area (Å²) >= 11 is 0. The largest absolute Gasteiger partial charge is 0.315 e. The summed E-state index contributed by atoms with van der Waals surface area (Å²) in [7, 11) is 1.87. The maximum absolute atomic E-state index is 12.5. The average Bonchev–Trinajstić information content (AvgIpc) is 2.32. The van der Waals surface area contributed by atoms with Gasteiger partial charge in [-0.2, -0.15) is 0 Å². The molecule has 1 aromatic heterocycles. The van der Waals surface area contributed by atoms with Gasteiger partial charge in [0.25, 0.3) is 5.56 Å². The Morgan fingerprint density at radius 1 is 1.21 bits per heavy atom. The number of pyridine rings is 1. The molecule has 3 nitrogen and oxygen atoms in total. The van der Waals surface area contributed by atoms with Gasteiger partial charge in [-0.05, 0) is 19.5 Å². The van der Waals surface area contributed by atoms with Crippen molar-refractivity contribution in [2.24, 2.45) is 0 Å². The normalized spacial score (nSPS) is 11.8. The van der Waals surface area contributed by atoms with Crippen LogP contribution in [0.5, 0.6) is 0 Å². The molecule has 0 aromatic carbocycles. The number of aromatic nitrogens is 1. The summed E-state index contributed by atoms with van der Waals surface area (Å²) < 4.78 is 1.97. The molecule has 3 heteroatoms. The first-order valence-electron chi connectivity index (χ1n) is 7.29. The third-order valence-electron chi connectivity index (χ3n) is 3.37. The fourth-order valence-electron chi connectivity index (χ4n) is 2.35. The molecule has 0 atom stereocenters. The Bertz CT molecular complexity index is 455. The molecule has 1 aromatic rings. The van der Waals surface area contributed by atoms with Gasteiger partial charge in [0.15, 0.2) is 0 Å². The Hall–Kier alpha value is -1.09. The molecule has 108 valence electrons. The van der Waals surface area contributed by atoms with E-state index >= 15 is 0 Å². The molecule has 0 fully saturated rings. The fourth-order valence-corrected chi connectivity index (χ4v) is 2.35. The molecular weight excluding hydrogens is 236 g/mol. The van der Waals surface area contributed by atoms with E-state index in [1.54, 1.807) is 0 Å². The van der Waals surface area contributed by atoms with Crippen molar-refractivity contribution in [3.8, 4) is 0 Å². The summed E-state index contributed by atoms with van der Waals surface area (Å²) in [6, 6.07) is 4.08. The first-order chi connectivity index (χ1) is 8.91. The molecule has 0 saturated carbocycles. The smallest absolute Gasteiger partial charge is 0.255 e. The summed E-state index contributed by atoms with van der Waals surface area (Å²) in [5.41, 5.74) is 2.15. The third-order valence-corrected chi connectivity index (χ3v) is 3.37. The summed E-state index contributed by atoms with van der Waals surface area (Å²) in [5.74, 6) is 0. The molecule has 0 saturated heterocycles. The molecular formula is C16H28N2O. The van der Waals surface area contributed by atoms with E-state index in [4.69, 9.17) is 0 Å². The molecule has 1 heterocycles. The topological polar surface area (TPSA) is 34.0 Å². The van der Waals surface area contributed by atoms with Crippen LogP contribution in [0.1, 0.15) is 58.2 Å². The van der Waals surface area contributed by atoms with Gasteiger partial charge in [-0.3, -0.25) is 4.79 Å². The SMILES string of the molecule is CCCCCn1c(C(C)(C)C)ccc(CNC)c1=O. The van der Waals surface area contributed by atoms with Gasteiger partial charge in [-0.1, -0.05) is 46.6 Å². The number of hydrogen-bond donors (Lipinski definition) is 1. The van der Waals surface area contributed by atoms with Crippen molar-refractivity contribution < 1.29 is 0 Å². The van der Waals surface area contributed by atoms with Crippen LogP contribution in [-0.2, 0) is 18.5 Å². The maximum Gasteiger partial charge on any atom is 0.255 e. The van der Waals surface area contributed by atoms with Crippen molar-refractivity contribution in [2.45, 2.75) is 65.5 Å². The van der Waals surface area contributed by atoms with Crippen molar-refractivity contribution in [1.29, 1.82) is 0 Å². The van der Waals surface area contributed by atoms with E-state index in [1.165, 1.54) is 12.8 Å². The Kier molecular flexibility index (Phi) is 5.80. The second kappa shape index (κ2) is 6.90. The molecule has 1 N–H and O–H groups in total. The highest BCUT2D eigenvalue weighted by molar-refractivity contribution is 5.21. The predicted molar refractivity (Wildman–Crippen MR) is 81.7 cm³/mol. The highest BCUT2D eigenvalue weighted by Crippen LogP contribution is 2.21. The van der Waals surface area contributed by atoms with Gasteiger partial charge in [-0.25, -0.2) is 0 Å². The number of unbranched alkanes of at least 4 members (excludes halogenated alkanes) is 2. The number of hydrogen-bond acceptors (Lipinski definition) is 2. The van der Waals surface area contributed by atoms with Crippen molar-refractivity contribution in [1.82, 2.24) is 9.88 Å². The van der Waals surface area contributed by atoms with E-state index in [0.717, 1.165) is 24.2 Å². The molecule has 0 aliphatic carbocycles. The molecule has 0 amide bonds. The monoisotopic (exact) mass is 264 g/mol. The minimum Gasteiger partial charge on any atom is -0.315 e. The van der Waals surface area contributed by atoms with Crippen LogP contribution in [0.2, 0.25) is 0 Å². The predicted octanol–water partition coefficient (Wildman–Crippen LogP) is 3.06. The van der Waals surface area contributed by atoms with Crippen LogP contribution in [-0.4, -0.2) is 11.6 Å². The Morgan fingerprint density at radius 3 is 2.42 bits per heavy atom. The van der Waals surface area contributed by atoms with Crippen LogP contribution in [0.15, 0.2) is 16.9 Å². The van der Waals surface area contributed by atoms with E-state index in [-0.39, 0.29) is 11.0 Å². The summed E-state index contributed by atoms with van der Waals surface area (Å²) in [6.07, 6.45) is 3.42. The highest BCUT2D eigenvalue weighted by Gasteiger charge is 2.19. The molecule has 0 bridgehead atoms. The van der Waals surface area contributed by atoms with E-state index < -0.39 is 0 Å². The molecule has 0 spiro atoms. The van der Waals surface area contributed by atoms with Crippen LogP contribution in [0.4, 0.5) is 0 Å². The van der Waals surface area contributed by atoms with Gasteiger partial charge >= 0.3 is 0 Å². The second-order valence-electron chi connectivity index (χ2n) is 6.19. The average molecular weight is 264 g/mol. The number of nitrogens with one attached hydrogen (secondary N) is 1. The minimum absolute atomic E-state index is 0.00352. The summed E-state index contributed by atoms with van der Waals surface area (Å²) in [4.78, 5) is 12.5. The van der Waals surface area contributed by atoms with E-state index in [0.29, 0.717) is 6.54 Å². The van der Waals surface area contributed by atoms with Gasteiger partial charge in [0.2, 0.25) is 0 Å². The van der Waals surface area contributed by atoms with E-state index in [9.17, 15) is 4.79 Å². The lowest BCUT2D eigenvalue weighted by molar-refractivity contribution is 0.481. The first-order valence-corrected chi connectivity index (χ1v) is 7.29. The molecule has 0 radical (unpaired) electrons. The zero-order chi connectivity index (χ0) is 14.5. The Morgan fingerprint density at radius 2 is 1.89 bits per heavy atom. The highest BCUT2D eigenvalue weighted by atomic mass is 16.1. The number of rotatable bonds is 6. The van der Waals surface area contributed by atoms with Crippen LogP contribution in [0.3, 0.4) is 0 Å². The van der Waals surface area contributed by atoms with Crippen molar-refractivity contribution in [3.05, 3.63) is 33.7 Å². The van der Waals surface area contributed by atoms with Gasteiger partial charge in [0, 0.05) is 29.8 Å². The molecule has 0 unspecified atom stereocenters. The van der Waals surface area contributed by atoms with Crippen molar-refractivity contribution >= 4 is 0 Å². The molecule has 0 aliphatic rings. The lowest BCUT2D eigenvalue weighted by Crippen LogP contribution is -2.32. The molecule has 1 rings (SSSR count). The summed E-state index contributed by atoms with van der Waals surface area (Å²) in [5, 5.41) is 3.06. The van der Waals surface area contributed by atoms with Crippen LogP contribution in [0, 0.1) is 0 Å². The van der Waals surface area contributed by atoms with E-state index in [2.05, 4.69) is 39.1 Å². The van der Waals surface area contributed by atoms with E-state index in [1.807, 2.05) is 17.7 Å². The minimum atomic E-state index is 0.00352. The van der Waals surface area contributed by atoms with Gasteiger partial charge in [0.1, 0.15) is 0 Å². The number of nitrogens with zero attached hydrogens (tertiary/aromatic N) is 1. The van der Waals surface area contributed by atoms with Crippen molar-refractivity contribution in [2.75, 3.05) is 7.05 Å². The molecule has 19 heavy (non-hydrogen) atoms. The fraction of sp³-hybridized carbons (Fsp3) is 0.688. The molecule has 0 aliphatic heterocycles. The van der Waals surface area contributed by atoms with Crippen LogP contribution in [0.25, 0.3) is 0 Å². The lowest BCUT2D eigenvalue weighted by Gasteiger charge is -2.25.